The molecule has 1 saturated heterocycles. The van der Waals surface area contributed by atoms with Gasteiger partial charge >= 0.3 is 0 Å². The summed E-state index contributed by atoms with van der Waals surface area (Å²) in [5, 5.41) is 6.96. The molecular formula is C21H37N5O2. The van der Waals surface area contributed by atoms with E-state index in [-0.39, 0.29) is 11.6 Å². The van der Waals surface area contributed by atoms with E-state index < -0.39 is 0 Å². The molecule has 2 rings (SSSR count). The summed E-state index contributed by atoms with van der Waals surface area (Å²) < 4.78 is 11.0. The van der Waals surface area contributed by atoms with Gasteiger partial charge in [0.15, 0.2) is 5.96 Å². The Kier molecular flexibility index (Phi) is 8.54. The smallest absolute Gasteiger partial charge is 0.191 e. The van der Waals surface area contributed by atoms with Crippen molar-refractivity contribution in [1.82, 2.24) is 20.4 Å². The van der Waals surface area contributed by atoms with E-state index in [1.165, 1.54) is 0 Å². The number of hydrogen-bond donors (Lipinski definition) is 2. The molecule has 1 fully saturated rings. The van der Waals surface area contributed by atoms with Crippen LogP contribution in [0.4, 0.5) is 0 Å². The van der Waals surface area contributed by atoms with Gasteiger partial charge in [0.2, 0.25) is 0 Å². The molecule has 0 bridgehead atoms. The van der Waals surface area contributed by atoms with Crippen LogP contribution >= 0.6 is 0 Å². The van der Waals surface area contributed by atoms with E-state index in [1.807, 2.05) is 25.2 Å². The molecule has 1 aliphatic rings. The van der Waals surface area contributed by atoms with Crippen LogP contribution in [0.25, 0.3) is 0 Å². The number of nitrogens with zero attached hydrogens (tertiary/aromatic N) is 3. The fourth-order valence-electron chi connectivity index (χ4n) is 3.51. The Balaban J connectivity index is 1.95. The third-order valence-corrected chi connectivity index (χ3v) is 5.36. The van der Waals surface area contributed by atoms with Crippen LogP contribution in [0, 0.1) is 0 Å². The molecular weight excluding hydrogens is 354 g/mol. The third kappa shape index (κ3) is 6.09. The minimum Gasteiger partial charge on any atom is -0.496 e. The lowest BCUT2D eigenvalue weighted by Gasteiger charge is -2.41. The maximum atomic E-state index is 5.55. The first-order valence-corrected chi connectivity index (χ1v) is 9.95. The highest BCUT2D eigenvalue weighted by Crippen LogP contribution is 2.27. The third-order valence-electron chi connectivity index (χ3n) is 5.36. The van der Waals surface area contributed by atoms with Gasteiger partial charge < -0.3 is 25.0 Å². The number of hydrogen-bond acceptors (Lipinski definition) is 5. The van der Waals surface area contributed by atoms with Gasteiger partial charge in [0.1, 0.15) is 5.75 Å². The van der Waals surface area contributed by atoms with Crippen molar-refractivity contribution in [3.8, 4) is 5.75 Å². The Hall–Kier alpha value is -1.83. The number of aliphatic imine (C=N–C) groups is 1. The molecule has 2 N–H and O–H groups in total. The van der Waals surface area contributed by atoms with Gasteiger partial charge in [0, 0.05) is 44.3 Å². The van der Waals surface area contributed by atoms with Gasteiger partial charge in [-0.25, -0.2) is 0 Å². The standard InChI is InChI=1S/C21H37N5O2/c1-21(2,26-11-13-28-14-12-26)16-24-20(22-3)23-15-18(25(4)5)17-9-7-8-10-19(17)27-6/h7-10,18H,11-16H2,1-6H3,(H2,22,23,24). The van der Waals surface area contributed by atoms with E-state index in [4.69, 9.17) is 9.47 Å². The number of morpholine rings is 1. The molecule has 7 heteroatoms. The van der Waals surface area contributed by atoms with Crippen molar-refractivity contribution >= 4 is 5.96 Å². The molecule has 0 saturated carbocycles. The monoisotopic (exact) mass is 391 g/mol. The second kappa shape index (κ2) is 10.6. The molecule has 1 atom stereocenters. The van der Waals surface area contributed by atoms with E-state index in [2.05, 4.69) is 59.4 Å². The normalized spacial score (nSPS) is 17.5. The van der Waals surface area contributed by atoms with E-state index in [1.54, 1.807) is 7.11 Å². The molecule has 1 aromatic carbocycles. The van der Waals surface area contributed by atoms with Crippen molar-refractivity contribution in [2.75, 3.05) is 67.6 Å². The lowest BCUT2D eigenvalue weighted by atomic mass is 10.0. The molecule has 1 aliphatic heterocycles. The van der Waals surface area contributed by atoms with Crippen LogP contribution in [-0.2, 0) is 4.74 Å². The average Bonchev–Trinajstić information content (AvgIpc) is 2.71. The van der Waals surface area contributed by atoms with Crippen LogP contribution in [0.5, 0.6) is 5.75 Å². The van der Waals surface area contributed by atoms with Gasteiger partial charge in [-0.2, -0.15) is 0 Å². The number of nitrogens with one attached hydrogen (secondary N) is 2. The minimum atomic E-state index is 0.0327. The van der Waals surface area contributed by atoms with Gasteiger partial charge in [-0.05, 0) is 34.0 Å². The predicted octanol–water partition coefficient (Wildman–Crippen LogP) is 1.57. The molecule has 158 valence electrons. The fraction of sp³-hybridized carbons (Fsp3) is 0.667. The van der Waals surface area contributed by atoms with E-state index in [9.17, 15) is 0 Å². The highest BCUT2D eigenvalue weighted by molar-refractivity contribution is 5.79. The molecule has 28 heavy (non-hydrogen) atoms. The van der Waals surface area contributed by atoms with Gasteiger partial charge in [-0.15, -0.1) is 0 Å². The molecule has 0 spiro atoms. The molecule has 0 amide bonds. The summed E-state index contributed by atoms with van der Waals surface area (Å²) in [5.41, 5.74) is 1.19. The highest BCUT2D eigenvalue weighted by Gasteiger charge is 2.28. The Morgan fingerprint density at radius 1 is 1.25 bits per heavy atom. The van der Waals surface area contributed by atoms with Crippen LogP contribution in [0.3, 0.4) is 0 Å². The van der Waals surface area contributed by atoms with Crippen LogP contribution < -0.4 is 15.4 Å². The van der Waals surface area contributed by atoms with Crippen molar-refractivity contribution < 1.29 is 9.47 Å². The van der Waals surface area contributed by atoms with Crippen molar-refractivity contribution in [3.63, 3.8) is 0 Å². The summed E-state index contributed by atoms with van der Waals surface area (Å²) in [7, 11) is 7.69. The average molecular weight is 392 g/mol. The molecule has 1 unspecified atom stereocenters. The zero-order chi connectivity index (χ0) is 20.6. The first kappa shape index (κ1) is 22.5. The van der Waals surface area contributed by atoms with E-state index >= 15 is 0 Å². The largest absolute Gasteiger partial charge is 0.496 e. The molecule has 7 nitrogen and oxygen atoms in total. The summed E-state index contributed by atoms with van der Waals surface area (Å²) in [6.07, 6.45) is 0. The minimum absolute atomic E-state index is 0.0327. The number of methoxy groups -OCH3 is 1. The SMILES string of the molecule is CN=C(NCC(c1ccccc1OC)N(C)C)NCC(C)(C)N1CCOCC1. The number of ether oxygens (including phenoxy) is 2. The first-order chi connectivity index (χ1) is 13.4. The lowest BCUT2D eigenvalue weighted by molar-refractivity contribution is -0.00834. The summed E-state index contributed by atoms with van der Waals surface area (Å²) in [6, 6.07) is 8.33. The van der Waals surface area contributed by atoms with Gasteiger partial charge in [-0.3, -0.25) is 9.89 Å². The molecule has 1 heterocycles. The number of guanidine groups is 1. The molecule has 0 aromatic heterocycles. The van der Waals surface area contributed by atoms with E-state index in [0.29, 0.717) is 0 Å². The quantitative estimate of drug-likeness (QED) is 0.518. The summed E-state index contributed by atoms with van der Waals surface area (Å²) in [5.74, 6) is 1.71. The number of benzene rings is 1. The second-order valence-electron chi connectivity index (χ2n) is 7.94. The van der Waals surface area contributed by atoms with Crippen LogP contribution in [0.2, 0.25) is 0 Å². The number of para-hydroxylation sites is 1. The molecule has 0 aliphatic carbocycles. The van der Waals surface area contributed by atoms with E-state index in [0.717, 1.165) is 56.7 Å². The van der Waals surface area contributed by atoms with Crippen LogP contribution in [0.15, 0.2) is 29.3 Å². The van der Waals surface area contributed by atoms with Gasteiger partial charge in [-0.1, -0.05) is 18.2 Å². The first-order valence-electron chi connectivity index (χ1n) is 9.95. The maximum Gasteiger partial charge on any atom is 0.191 e. The van der Waals surface area contributed by atoms with Crippen molar-refractivity contribution in [2.24, 2.45) is 4.99 Å². The van der Waals surface area contributed by atoms with Crippen molar-refractivity contribution in [3.05, 3.63) is 29.8 Å². The lowest BCUT2D eigenvalue weighted by Crippen LogP contribution is -2.56. The van der Waals surface area contributed by atoms with Gasteiger partial charge in [0.05, 0.1) is 26.4 Å². The Morgan fingerprint density at radius 3 is 2.54 bits per heavy atom. The Bertz CT molecular complexity index is 627. The number of rotatable bonds is 8. The maximum absolute atomic E-state index is 5.55. The zero-order valence-corrected chi connectivity index (χ0v) is 18.3. The Labute approximate surface area is 170 Å². The zero-order valence-electron chi connectivity index (χ0n) is 18.3. The summed E-state index contributed by atoms with van der Waals surface area (Å²) >= 11 is 0. The summed E-state index contributed by atoms with van der Waals surface area (Å²) in [4.78, 5) is 9.06. The summed E-state index contributed by atoms with van der Waals surface area (Å²) in [6.45, 7) is 9.61. The Morgan fingerprint density at radius 2 is 1.93 bits per heavy atom. The number of likely N-dealkylation sites (N-methyl/N-ethyl adjacent to an activating group) is 1. The highest BCUT2D eigenvalue weighted by atomic mass is 16.5. The van der Waals surface area contributed by atoms with Crippen LogP contribution in [-0.4, -0.2) is 88.9 Å². The second-order valence-corrected chi connectivity index (χ2v) is 7.94. The van der Waals surface area contributed by atoms with Crippen LogP contribution in [0.1, 0.15) is 25.5 Å². The molecule has 1 aromatic rings. The van der Waals surface area contributed by atoms with Gasteiger partial charge in [0.25, 0.3) is 0 Å². The van der Waals surface area contributed by atoms with Crippen molar-refractivity contribution in [1.29, 1.82) is 0 Å². The predicted molar refractivity (Wildman–Crippen MR) is 115 cm³/mol. The van der Waals surface area contributed by atoms with Crippen molar-refractivity contribution in [2.45, 2.75) is 25.4 Å². The molecule has 0 radical (unpaired) electrons. The fourth-order valence-corrected chi connectivity index (χ4v) is 3.51. The topological polar surface area (TPSA) is 61.4 Å².